The number of aromatic hydroxyl groups is 1. The molecule has 0 heterocycles. The van der Waals surface area contributed by atoms with Crippen molar-refractivity contribution in [1.29, 1.82) is 0 Å². The quantitative estimate of drug-likeness (QED) is 0.771. The van der Waals surface area contributed by atoms with Crippen molar-refractivity contribution in [3.63, 3.8) is 0 Å². The molecule has 3 rings (SSSR count). The Labute approximate surface area is 112 Å². The van der Waals surface area contributed by atoms with Gasteiger partial charge in [-0.1, -0.05) is 30.3 Å². The van der Waals surface area contributed by atoms with Crippen LogP contribution in [0.2, 0.25) is 0 Å². The van der Waals surface area contributed by atoms with Crippen LogP contribution in [0.1, 0.15) is 18.4 Å². The van der Waals surface area contributed by atoms with Crippen LogP contribution in [0.5, 0.6) is 5.75 Å². The summed E-state index contributed by atoms with van der Waals surface area (Å²) in [6.07, 6.45) is 2.19. The number of hydrogen-bond donors (Lipinski definition) is 3. The molecule has 0 bridgehead atoms. The van der Waals surface area contributed by atoms with E-state index < -0.39 is 0 Å². The number of phenols is 1. The Morgan fingerprint density at radius 2 is 1.89 bits per heavy atom. The van der Waals surface area contributed by atoms with E-state index in [-0.39, 0.29) is 12.0 Å². The Bertz CT molecular complexity index is 590. The van der Waals surface area contributed by atoms with Crippen molar-refractivity contribution in [2.75, 3.05) is 13.2 Å². The van der Waals surface area contributed by atoms with Crippen molar-refractivity contribution in [2.24, 2.45) is 5.41 Å². The molecule has 100 valence electrons. The number of benzene rings is 2. The van der Waals surface area contributed by atoms with Gasteiger partial charge in [-0.15, -0.1) is 0 Å². The van der Waals surface area contributed by atoms with Crippen molar-refractivity contribution in [3.05, 3.63) is 42.0 Å². The third-order valence-corrected chi connectivity index (χ3v) is 4.11. The summed E-state index contributed by atoms with van der Waals surface area (Å²) in [4.78, 5) is 0. The van der Waals surface area contributed by atoms with Gasteiger partial charge in [-0.05, 0) is 29.7 Å². The normalized spacial score (nSPS) is 16.7. The molecule has 1 fully saturated rings. The minimum absolute atomic E-state index is 0.0974. The number of aliphatic hydroxyl groups excluding tert-OH is 1. The average molecular weight is 257 g/mol. The molecule has 2 aromatic carbocycles. The van der Waals surface area contributed by atoms with Gasteiger partial charge in [0.05, 0.1) is 0 Å². The van der Waals surface area contributed by atoms with E-state index in [0.717, 1.165) is 35.7 Å². The molecule has 0 saturated heterocycles. The SMILES string of the molecule is OCC1(CNCc2c(O)ccc3ccccc23)CC1. The molecular formula is C16H19NO2. The second kappa shape index (κ2) is 4.83. The molecule has 0 aliphatic heterocycles. The van der Waals surface area contributed by atoms with E-state index in [2.05, 4.69) is 5.32 Å². The molecule has 0 atom stereocenters. The van der Waals surface area contributed by atoms with Crippen LogP contribution in [0.4, 0.5) is 0 Å². The Hall–Kier alpha value is -1.58. The van der Waals surface area contributed by atoms with Crippen LogP contribution in [-0.4, -0.2) is 23.4 Å². The maximum atomic E-state index is 10.0. The Balaban J connectivity index is 1.78. The molecule has 3 heteroatoms. The van der Waals surface area contributed by atoms with Gasteiger partial charge in [-0.3, -0.25) is 0 Å². The van der Waals surface area contributed by atoms with E-state index in [1.54, 1.807) is 6.07 Å². The van der Waals surface area contributed by atoms with Crippen molar-refractivity contribution in [3.8, 4) is 5.75 Å². The molecule has 1 aliphatic carbocycles. The van der Waals surface area contributed by atoms with Crippen LogP contribution in [-0.2, 0) is 6.54 Å². The molecule has 2 aromatic rings. The maximum absolute atomic E-state index is 10.0. The molecule has 1 aliphatic rings. The summed E-state index contributed by atoms with van der Waals surface area (Å²) in [5.41, 5.74) is 1.03. The first-order valence-corrected chi connectivity index (χ1v) is 6.75. The minimum atomic E-state index is 0.0974. The Morgan fingerprint density at radius 3 is 2.63 bits per heavy atom. The van der Waals surface area contributed by atoms with Crippen molar-refractivity contribution in [2.45, 2.75) is 19.4 Å². The van der Waals surface area contributed by atoms with Gasteiger partial charge in [0.2, 0.25) is 0 Å². The number of nitrogens with one attached hydrogen (secondary N) is 1. The fourth-order valence-electron chi connectivity index (χ4n) is 2.53. The second-order valence-electron chi connectivity index (χ2n) is 5.55. The first-order valence-electron chi connectivity index (χ1n) is 6.75. The highest BCUT2D eigenvalue weighted by Crippen LogP contribution is 2.44. The van der Waals surface area contributed by atoms with Crippen LogP contribution in [0.15, 0.2) is 36.4 Å². The van der Waals surface area contributed by atoms with Crippen LogP contribution in [0.25, 0.3) is 10.8 Å². The summed E-state index contributed by atoms with van der Waals surface area (Å²) >= 11 is 0. The molecule has 0 unspecified atom stereocenters. The topological polar surface area (TPSA) is 52.5 Å². The van der Waals surface area contributed by atoms with Crippen LogP contribution in [0, 0.1) is 5.41 Å². The highest BCUT2D eigenvalue weighted by molar-refractivity contribution is 5.87. The first kappa shape index (κ1) is 12.5. The molecule has 0 amide bonds. The fraction of sp³-hybridized carbons (Fsp3) is 0.375. The van der Waals surface area contributed by atoms with Gasteiger partial charge in [-0.2, -0.15) is 0 Å². The van der Waals surface area contributed by atoms with Gasteiger partial charge < -0.3 is 15.5 Å². The predicted octanol–water partition coefficient (Wildman–Crippen LogP) is 2.41. The molecule has 3 nitrogen and oxygen atoms in total. The van der Waals surface area contributed by atoms with Crippen molar-refractivity contribution < 1.29 is 10.2 Å². The van der Waals surface area contributed by atoms with E-state index in [4.69, 9.17) is 0 Å². The lowest BCUT2D eigenvalue weighted by Crippen LogP contribution is -2.26. The Morgan fingerprint density at radius 1 is 1.11 bits per heavy atom. The van der Waals surface area contributed by atoms with Crippen LogP contribution in [0.3, 0.4) is 0 Å². The number of hydrogen-bond acceptors (Lipinski definition) is 3. The summed E-state index contributed by atoms with van der Waals surface area (Å²) in [6, 6.07) is 11.8. The van der Waals surface area contributed by atoms with E-state index in [1.165, 1.54) is 0 Å². The molecule has 0 spiro atoms. The summed E-state index contributed by atoms with van der Waals surface area (Å²) in [6.45, 7) is 1.70. The number of rotatable bonds is 5. The highest BCUT2D eigenvalue weighted by Gasteiger charge is 2.41. The van der Waals surface area contributed by atoms with E-state index in [1.807, 2.05) is 30.3 Å². The third-order valence-electron chi connectivity index (χ3n) is 4.11. The van der Waals surface area contributed by atoms with Crippen LogP contribution < -0.4 is 5.32 Å². The molecule has 1 saturated carbocycles. The molecular weight excluding hydrogens is 238 g/mol. The summed E-state index contributed by atoms with van der Waals surface area (Å²) < 4.78 is 0. The van der Waals surface area contributed by atoms with Crippen molar-refractivity contribution in [1.82, 2.24) is 5.32 Å². The lowest BCUT2D eigenvalue weighted by Gasteiger charge is -2.14. The van der Waals surface area contributed by atoms with E-state index in [9.17, 15) is 10.2 Å². The Kier molecular flexibility index (Phi) is 3.17. The zero-order valence-electron chi connectivity index (χ0n) is 10.9. The van der Waals surface area contributed by atoms with Crippen LogP contribution >= 0.6 is 0 Å². The molecule has 3 N–H and O–H groups in total. The smallest absolute Gasteiger partial charge is 0.120 e. The third kappa shape index (κ3) is 2.44. The predicted molar refractivity (Wildman–Crippen MR) is 76.1 cm³/mol. The van der Waals surface area contributed by atoms with Gasteiger partial charge in [-0.25, -0.2) is 0 Å². The highest BCUT2D eigenvalue weighted by atomic mass is 16.3. The lowest BCUT2D eigenvalue weighted by atomic mass is 10.0. The van der Waals surface area contributed by atoms with Gasteiger partial charge in [0.1, 0.15) is 5.75 Å². The number of aliphatic hydroxyl groups is 1. The van der Waals surface area contributed by atoms with Gasteiger partial charge in [0.15, 0.2) is 0 Å². The first-order chi connectivity index (χ1) is 9.24. The zero-order valence-corrected chi connectivity index (χ0v) is 10.9. The zero-order chi connectivity index (χ0) is 13.3. The molecule has 0 aromatic heterocycles. The fourth-order valence-corrected chi connectivity index (χ4v) is 2.53. The minimum Gasteiger partial charge on any atom is -0.508 e. The largest absolute Gasteiger partial charge is 0.508 e. The lowest BCUT2D eigenvalue weighted by molar-refractivity contribution is 0.207. The summed E-state index contributed by atoms with van der Waals surface area (Å²) in [5.74, 6) is 0.333. The molecule has 19 heavy (non-hydrogen) atoms. The maximum Gasteiger partial charge on any atom is 0.120 e. The van der Waals surface area contributed by atoms with Gasteiger partial charge >= 0.3 is 0 Å². The van der Waals surface area contributed by atoms with E-state index in [0.29, 0.717) is 12.3 Å². The second-order valence-corrected chi connectivity index (χ2v) is 5.55. The van der Waals surface area contributed by atoms with Gasteiger partial charge in [0, 0.05) is 30.7 Å². The van der Waals surface area contributed by atoms with E-state index >= 15 is 0 Å². The number of fused-ring (bicyclic) bond motifs is 1. The summed E-state index contributed by atoms with van der Waals surface area (Å²) in [5, 5.41) is 24.9. The standard InChI is InChI=1S/C16H19NO2/c18-11-16(7-8-16)10-17-9-14-13-4-2-1-3-12(13)5-6-15(14)19/h1-6,17-19H,7-11H2. The molecule has 0 radical (unpaired) electrons. The van der Waals surface area contributed by atoms with Crippen molar-refractivity contribution >= 4 is 10.8 Å². The van der Waals surface area contributed by atoms with Gasteiger partial charge in [0.25, 0.3) is 0 Å². The summed E-state index contributed by atoms with van der Waals surface area (Å²) in [7, 11) is 0. The monoisotopic (exact) mass is 257 g/mol. The average Bonchev–Trinajstić information content (AvgIpc) is 3.22. The number of phenolic OH excluding ortho intramolecular Hbond substituents is 1.